The summed E-state index contributed by atoms with van der Waals surface area (Å²) in [5.74, 6) is 0.883. The van der Waals surface area contributed by atoms with Crippen molar-refractivity contribution in [2.75, 3.05) is 11.9 Å². The number of aryl methyl sites for hydroxylation is 1. The fourth-order valence-corrected chi connectivity index (χ4v) is 2.85. The van der Waals surface area contributed by atoms with Crippen molar-refractivity contribution in [1.82, 2.24) is 14.8 Å². The number of nitrogens with zero attached hydrogens (tertiary/aromatic N) is 3. The highest BCUT2D eigenvalue weighted by Gasteiger charge is 2.28. The third kappa shape index (κ3) is 3.24. The van der Waals surface area contributed by atoms with E-state index in [1.807, 2.05) is 11.6 Å². The number of rotatable bonds is 3. The lowest BCUT2D eigenvalue weighted by molar-refractivity contribution is -0.0553. The van der Waals surface area contributed by atoms with Crippen molar-refractivity contribution in [3.63, 3.8) is 0 Å². The lowest BCUT2D eigenvalue weighted by atomic mass is 9.94. The minimum atomic E-state index is -0.0332. The van der Waals surface area contributed by atoms with Crippen molar-refractivity contribution in [3.8, 4) is 11.4 Å². The average molecular weight is 286 g/mol. The highest BCUT2D eigenvalue weighted by Crippen LogP contribution is 2.27. The summed E-state index contributed by atoms with van der Waals surface area (Å²) >= 11 is 0. The zero-order chi connectivity index (χ0) is 14.9. The molecule has 2 aromatic rings. The Morgan fingerprint density at radius 3 is 2.67 bits per heavy atom. The Kier molecular flexibility index (Phi) is 3.68. The summed E-state index contributed by atoms with van der Waals surface area (Å²) in [5.41, 5.74) is 2.19. The van der Waals surface area contributed by atoms with Gasteiger partial charge in [0.2, 0.25) is 0 Å². The standard InChI is InChI=1S/C16H22N4O/c1-16(2)10-14(8-9-21-16)18-13-6-4-12(5-7-13)15-19-17-11-20(15)3/h4-7,11,14,18H,8-10H2,1-3H3. The molecule has 0 amide bonds. The van der Waals surface area contributed by atoms with Gasteiger partial charge in [0.1, 0.15) is 6.33 Å². The first kappa shape index (κ1) is 14.1. The molecule has 1 fully saturated rings. The molecule has 1 aliphatic rings. The summed E-state index contributed by atoms with van der Waals surface area (Å²) in [5, 5.41) is 11.6. The molecule has 2 heterocycles. The molecular formula is C16H22N4O. The molecule has 5 nitrogen and oxygen atoms in total. The van der Waals surface area contributed by atoms with Gasteiger partial charge in [-0.3, -0.25) is 0 Å². The Labute approximate surface area is 125 Å². The maximum Gasteiger partial charge on any atom is 0.163 e. The van der Waals surface area contributed by atoms with Crippen LogP contribution in [0.25, 0.3) is 11.4 Å². The van der Waals surface area contributed by atoms with E-state index in [1.165, 1.54) is 0 Å². The fraction of sp³-hybridized carbons (Fsp3) is 0.500. The molecule has 0 radical (unpaired) electrons. The number of benzene rings is 1. The number of aromatic nitrogens is 3. The normalized spacial score (nSPS) is 21.2. The highest BCUT2D eigenvalue weighted by atomic mass is 16.5. The molecule has 1 aromatic heterocycles. The molecule has 0 aliphatic carbocycles. The molecule has 5 heteroatoms. The summed E-state index contributed by atoms with van der Waals surface area (Å²) in [6.07, 6.45) is 3.79. The smallest absolute Gasteiger partial charge is 0.163 e. The van der Waals surface area contributed by atoms with E-state index in [0.29, 0.717) is 6.04 Å². The number of nitrogens with one attached hydrogen (secondary N) is 1. The van der Waals surface area contributed by atoms with Crippen molar-refractivity contribution < 1.29 is 4.74 Å². The van der Waals surface area contributed by atoms with E-state index in [4.69, 9.17) is 4.74 Å². The molecule has 1 atom stereocenters. The van der Waals surface area contributed by atoms with E-state index in [9.17, 15) is 0 Å². The molecule has 3 rings (SSSR count). The lowest BCUT2D eigenvalue weighted by Crippen LogP contribution is -2.40. The van der Waals surface area contributed by atoms with Gasteiger partial charge in [0.25, 0.3) is 0 Å². The van der Waals surface area contributed by atoms with Gasteiger partial charge in [-0.25, -0.2) is 0 Å². The van der Waals surface area contributed by atoms with Crippen LogP contribution in [0.2, 0.25) is 0 Å². The maximum absolute atomic E-state index is 5.76. The van der Waals surface area contributed by atoms with Crippen molar-refractivity contribution in [3.05, 3.63) is 30.6 Å². The molecule has 112 valence electrons. The third-order valence-electron chi connectivity index (χ3n) is 3.92. The second kappa shape index (κ2) is 5.48. The van der Waals surface area contributed by atoms with E-state index in [0.717, 1.165) is 36.5 Å². The van der Waals surface area contributed by atoms with E-state index in [-0.39, 0.29) is 5.60 Å². The van der Waals surface area contributed by atoms with Crippen LogP contribution in [0.4, 0.5) is 5.69 Å². The first-order valence-electron chi connectivity index (χ1n) is 7.38. The number of hydrogen-bond acceptors (Lipinski definition) is 4. The Hall–Kier alpha value is -1.88. The number of anilines is 1. The summed E-state index contributed by atoms with van der Waals surface area (Å²) < 4.78 is 7.68. The molecular weight excluding hydrogens is 264 g/mol. The van der Waals surface area contributed by atoms with Crippen molar-refractivity contribution in [2.45, 2.75) is 38.3 Å². The van der Waals surface area contributed by atoms with Crippen LogP contribution in [0.15, 0.2) is 30.6 Å². The Morgan fingerprint density at radius 2 is 2.05 bits per heavy atom. The van der Waals surface area contributed by atoms with Crippen LogP contribution in [0.5, 0.6) is 0 Å². The Bertz CT molecular complexity index is 603. The van der Waals surface area contributed by atoms with E-state index in [2.05, 4.69) is 53.6 Å². The number of ether oxygens (including phenoxy) is 1. The van der Waals surface area contributed by atoms with Gasteiger partial charge >= 0.3 is 0 Å². The molecule has 0 saturated carbocycles. The van der Waals surface area contributed by atoms with Crippen LogP contribution in [0.3, 0.4) is 0 Å². The highest BCUT2D eigenvalue weighted by molar-refractivity contribution is 5.59. The van der Waals surface area contributed by atoms with Gasteiger partial charge in [-0.05, 0) is 51.0 Å². The maximum atomic E-state index is 5.76. The summed E-state index contributed by atoms with van der Waals surface area (Å²) in [7, 11) is 1.95. The van der Waals surface area contributed by atoms with Crippen LogP contribution >= 0.6 is 0 Å². The molecule has 0 spiro atoms. The minimum absolute atomic E-state index is 0.0332. The molecule has 21 heavy (non-hydrogen) atoms. The minimum Gasteiger partial charge on any atom is -0.382 e. The number of hydrogen-bond donors (Lipinski definition) is 1. The average Bonchev–Trinajstić information content (AvgIpc) is 2.85. The van der Waals surface area contributed by atoms with Crippen LogP contribution in [0.1, 0.15) is 26.7 Å². The summed E-state index contributed by atoms with van der Waals surface area (Å²) in [6.45, 7) is 5.12. The third-order valence-corrected chi connectivity index (χ3v) is 3.92. The Morgan fingerprint density at radius 1 is 1.29 bits per heavy atom. The predicted octanol–water partition coefficient (Wildman–Crippen LogP) is 2.85. The van der Waals surface area contributed by atoms with Gasteiger partial charge in [0, 0.05) is 30.9 Å². The van der Waals surface area contributed by atoms with E-state index in [1.54, 1.807) is 6.33 Å². The summed E-state index contributed by atoms with van der Waals surface area (Å²) in [6, 6.07) is 8.83. The van der Waals surface area contributed by atoms with Gasteiger partial charge in [0.05, 0.1) is 5.60 Å². The van der Waals surface area contributed by atoms with Crippen LogP contribution in [-0.4, -0.2) is 33.0 Å². The fourth-order valence-electron chi connectivity index (χ4n) is 2.85. The molecule has 1 unspecified atom stereocenters. The summed E-state index contributed by atoms with van der Waals surface area (Å²) in [4.78, 5) is 0. The molecule has 1 aromatic carbocycles. The van der Waals surface area contributed by atoms with E-state index < -0.39 is 0 Å². The molecule has 1 saturated heterocycles. The zero-order valence-electron chi connectivity index (χ0n) is 12.8. The van der Waals surface area contributed by atoms with Crippen LogP contribution in [0, 0.1) is 0 Å². The zero-order valence-corrected chi connectivity index (χ0v) is 12.8. The van der Waals surface area contributed by atoms with Gasteiger partial charge in [0.15, 0.2) is 5.82 Å². The van der Waals surface area contributed by atoms with Crippen molar-refractivity contribution >= 4 is 5.69 Å². The van der Waals surface area contributed by atoms with Crippen LogP contribution in [-0.2, 0) is 11.8 Å². The second-order valence-corrected chi connectivity index (χ2v) is 6.29. The Balaban J connectivity index is 1.69. The predicted molar refractivity (Wildman–Crippen MR) is 83.1 cm³/mol. The van der Waals surface area contributed by atoms with Gasteiger partial charge in [-0.15, -0.1) is 10.2 Å². The monoisotopic (exact) mass is 286 g/mol. The quantitative estimate of drug-likeness (QED) is 0.942. The largest absolute Gasteiger partial charge is 0.382 e. The van der Waals surface area contributed by atoms with Crippen molar-refractivity contribution in [2.24, 2.45) is 7.05 Å². The first-order chi connectivity index (χ1) is 10.0. The lowest BCUT2D eigenvalue weighted by Gasteiger charge is -2.36. The first-order valence-corrected chi connectivity index (χ1v) is 7.38. The van der Waals surface area contributed by atoms with E-state index >= 15 is 0 Å². The van der Waals surface area contributed by atoms with Gasteiger partial charge in [-0.2, -0.15) is 0 Å². The topological polar surface area (TPSA) is 52.0 Å². The SMILES string of the molecule is Cn1cnnc1-c1ccc(NC2CCOC(C)(C)C2)cc1. The second-order valence-electron chi connectivity index (χ2n) is 6.29. The van der Waals surface area contributed by atoms with Gasteiger partial charge < -0.3 is 14.6 Å². The van der Waals surface area contributed by atoms with Crippen molar-refractivity contribution in [1.29, 1.82) is 0 Å². The molecule has 1 N–H and O–H groups in total. The molecule has 1 aliphatic heterocycles. The van der Waals surface area contributed by atoms with Gasteiger partial charge in [-0.1, -0.05) is 0 Å². The van der Waals surface area contributed by atoms with Crippen LogP contribution < -0.4 is 5.32 Å². The molecule has 0 bridgehead atoms.